The molecule has 0 spiro atoms. The highest BCUT2D eigenvalue weighted by atomic mass is 16.5. The van der Waals surface area contributed by atoms with Gasteiger partial charge in [-0.1, -0.05) is 32.8 Å². The Morgan fingerprint density at radius 2 is 2.32 bits per heavy atom. The van der Waals surface area contributed by atoms with E-state index in [4.69, 9.17) is 4.74 Å². The van der Waals surface area contributed by atoms with Crippen LogP contribution in [0.2, 0.25) is 0 Å². The standard InChI is InChI=1S/C17H26O2/c1-5-19-16(18)11-13(3)15-9-8-14-12(2)7-6-10-17(14,15)4/h9,11-12,14H,5-8,10H2,1-4H3/b13-11+/t12-,14+,17+/m1/s1. The molecular weight excluding hydrogens is 236 g/mol. The normalized spacial score (nSPS) is 34.7. The molecule has 106 valence electrons. The second-order valence-corrected chi connectivity index (χ2v) is 6.33. The summed E-state index contributed by atoms with van der Waals surface area (Å²) >= 11 is 0. The van der Waals surface area contributed by atoms with Crippen LogP contribution < -0.4 is 0 Å². The predicted octanol–water partition coefficient (Wildman–Crippen LogP) is 4.27. The highest BCUT2D eigenvalue weighted by Crippen LogP contribution is 2.56. The molecule has 2 nitrogen and oxygen atoms in total. The summed E-state index contributed by atoms with van der Waals surface area (Å²) in [4.78, 5) is 11.6. The molecule has 1 saturated carbocycles. The summed E-state index contributed by atoms with van der Waals surface area (Å²) in [6.07, 6.45) is 9.10. The third-order valence-electron chi connectivity index (χ3n) is 5.10. The summed E-state index contributed by atoms with van der Waals surface area (Å²) < 4.78 is 5.02. The quantitative estimate of drug-likeness (QED) is 0.561. The molecule has 2 rings (SSSR count). The fourth-order valence-corrected chi connectivity index (χ4v) is 4.16. The molecule has 0 N–H and O–H groups in total. The molecule has 2 aliphatic rings. The Morgan fingerprint density at radius 3 is 3.00 bits per heavy atom. The SMILES string of the molecule is CCOC(=O)/C=C(\C)C1=CC[C@H]2[C@H](C)CCC[C@]12C. The minimum atomic E-state index is -0.211. The van der Waals surface area contributed by atoms with E-state index in [1.807, 2.05) is 6.92 Å². The van der Waals surface area contributed by atoms with Crippen molar-refractivity contribution in [1.82, 2.24) is 0 Å². The average Bonchev–Trinajstić information content (AvgIpc) is 2.68. The molecule has 0 aromatic heterocycles. The molecule has 0 aromatic carbocycles. The number of carbonyl (C=O) groups is 1. The summed E-state index contributed by atoms with van der Waals surface area (Å²) in [5.74, 6) is 1.33. The molecule has 0 aliphatic heterocycles. The molecular formula is C17H26O2. The van der Waals surface area contributed by atoms with Gasteiger partial charge in [0.25, 0.3) is 0 Å². The first-order valence-electron chi connectivity index (χ1n) is 7.55. The Labute approximate surface area is 116 Å². The monoisotopic (exact) mass is 262 g/mol. The van der Waals surface area contributed by atoms with Crippen molar-refractivity contribution in [3.05, 3.63) is 23.3 Å². The second-order valence-electron chi connectivity index (χ2n) is 6.33. The fraction of sp³-hybridized carbons (Fsp3) is 0.706. The van der Waals surface area contributed by atoms with E-state index in [1.54, 1.807) is 6.08 Å². The maximum absolute atomic E-state index is 11.6. The maximum atomic E-state index is 11.6. The first-order chi connectivity index (χ1) is 8.99. The van der Waals surface area contributed by atoms with Gasteiger partial charge in [-0.2, -0.15) is 0 Å². The molecule has 0 saturated heterocycles. The van der Waals surface area contributed by atoms with E-state index in [1.165, 1.54) is 31.3 Å². The highest BCUT2D eigenvalue weighted by molar-refractivity contribution is 5.83. The van der Waals surface area contributed by atoms with Crippen LogP contribution in [0.25, 0.3) is 0 Å². The van der Waals surface area contributed by atoms with Crippen LogP contribution >= 0.6 is 0 Å². The first-order valence-corrected chi connectivity index (χ1v) is 7.55. The molecule has 0 amide bonds. The van der Waals surface area contributed by atoms with Crippen LogP contribution in [0, 0.1) is 17.3 Å². The largest absolute Gasteiger partial charge is 0.463 e. The Balaban J connectivity index is 2.19. The van der Waals surface area contributed by atoms with Gasteiger partial charge in [0.15, 0.2) is 0 Å². The van der Waals surface area contributed by atoms with E-state index in [9.17, 15) is 4.79 Å². The van der Waals surface area contributed by atoms with E-state index in [0.717, 1.165) is 17.4 Å². The summed E-state index contributed by atoms with van der Waals surface area (Å²) in [7, 11) is 0. The smallest absolute Gasteiger partial charge is 0.331 e. The van der Waals surface area contributed by atoms with Crippen LogP contribution in [0.3, 0.4) is 0 Å². The van der Waals surface area contributed by atoms with Crippen LogP contribution in [0.4, 0.5) is 0 Å². The molecule has 0 heterocycles. The number of hydrogen-bond acceptors (Lipinski definition) is 2. The van der Waals surface area contributed by atoms with Gasteiger partial charge in [0, 0.05) is 6.08 Å². The van der Waals surface area contributed by atoms with Gasteiger partial charge in [-0.05, 0) is 55.1 Å². The lowest BCUT2D eigenvalue weighted by Gasteiger charge is -2.43. The molecule has 0 unspecified atom stereocenters. The molecule has 0 aromatic rings. The van der Waals surface area contributed by atoms with E-state index >= 15 is 0 Å². The third kappa shape index (κ3) is 2.63. The number of fused-ring (bicyclic) bond motifs is 1. The van der Waals surface area contributed by atoms with Crippen molar-refractivity contribution in [1.29, 1.82) is 0 Å². The number of carbonyl (C=O) groups excluding carboxylic acids is 1. The molecule has 2 heteroatoms. The van der Waals surface area contributed by atoms with E-state index in [2.05, 4.69) is 26.8 Å². The van der Waals surface area contributed by atoms with Gasteiger partial charge >= 0.3 is 5.97 Å². The van der Waals surface area contributed by atoms with Gasteiger partial charge in [0.2, 0.25) is 0 Å². The summed E-state index contributed by atoms with van der Waals surface area (Å²) in [6.45, 7) is 9.10. The van der Waals surface area contributed by atoms with Gasteiger partial charge in [0.1, 0.15) is 0 Å². The van der Waals surface area contributed by atoms with E-state index in [0.29, 0.717) is 6.61 Å². The van der Waals surface area contributed by atoms with Gasteiger partial charge < -0.3 is 4.74 Å². The third-order valence-corrected chi connectivity index (χ3v) is 5.10. The summed E-state index contributed by atoms with van der Waals surface area (Å²) in [5.41, 5.74) is 2.75. The van der Waals surface area contributed by atoms with Crippen LogP contribution in [0.15, 0.2) is 23.3 Å². The first kappa shape index (κ1) is 14.4. The van der Waals surface area contributed by atoms with Crippen LogP contribution in [-0.4, -0.2) is 12.6 Å². The lowest BCUT2D eigenvalue weighted by Crippen LogP contribution is -2.34. The van der Waals surface area contributed by atoms with Gasteiger partial charge in [0.05, 0.1) is 6.61 Å². The summed E-state index contributed by atoms with van der Waals surface area (Å²) in [6, 6.07) is 0. The number of ether oxygens (including phenoxy) is 1. The predicted molar refractivity (Wildman–Crippen MR) is 77.7 cm³/mol. The van der Waals surface area contributed by atoms with Crippen molar-refractivity contribution in [2.45, 2.75) is 53.4 Å². The van der Waals surface area contributed by atoms with Crippen molar-refractivity contribution in [2.24, 2.45) is 17.3 Å². The maximum Gasteiger partial charge on any atom is 0.331 e. The lowest BCUT2D eigenvalue weighted by molar-refractivity contribution is -0.137. The van der Waals surface area contributed by atoms with Crippen molar-refractivity contribution in [3.63, 3.8) is 0 Å². The molecule has 1 fully saturated rings. The molecule has 2 aliphatic carbocycles. The number of rotatable bonds is 3. The Kier molecular flexibility index (Phi) is 4.17. The van der Waals surface area contributed by atoms with Gasteiger partial charge in [-0.3, -0.25) is 0 Å². The minimum Gasteiger partial charge on any atom is -0.463 e. The van der Waals surface area contributed by atoms with Crippen molar-refractivity contribution >= 4 is 5.97 Å². The zero-order valence-electron chi connectivity index (χ0n) is 12.7. The second kappa shape index (κ2) is 5.52. The van der Waals surface area contributed by atoms with Gasteiger partial charge in [-0.25, -0.2) is 4.79 Å². The molecule has 3 atom stereocenters. The molecule has 0 radical (unpaired) electrons. The fourth-order valence-electron chi connectivity index (χ4n) is 4.16. The zero-order chi connectivity index (χ0) is 14.0. The van der Waals surface area contributed by atoms with E-state index in [-0.39, 0.29) is 11.4 Å². The summed E-state index contributed by atoms with van der Waals surface area (Å²) in [5, 5.41) is 0. The van der Waals surface area contributed by atoms with Crippen LogP contribution in [-0.2, 0) is 9.53 Å². The lowest BCUT2D eigenvalue weighted by atomic mass is 9.61. The topological polar surface area (TPSA) is 26.3 Å². The minimum absolute atomic E-state index is 0.211. The Morgan fingerprint density at radius 1 is 1.58 bits per heavy atom. The van der Waals surface area contributed by atoms with Crippen molar-refractivity contribution < 1.29 is 9.53 Å². The van der Waals surface area contributed by atoms with Crippen molar-refractivity contribution in [3.8, 4) is 0 Å². The zero-order valence-corrected chi connectivity index (χ0v) is 12.7. The van der Waals surface area contributed by atoms with E-state index < -0.39 is 0 Å². The molecule has 19 heavy (non-hydrogen) atoms. The Hall–Kier alpha value is -1.05. The van der Waals surface area contributed by atoms with Crippen LogP contribution in [0.1, 0.15) is 53.4 Å². The number of hydrogen-bond donors (Lipinski definition) is 0. The highest BCUT2D eigenvalue weighted by Gasteiger charge is 2.45. The number of esters is 1. The van der Waals surface area contributed by atoms with Gasteiger partial charge in [-0.15, -0.1) is 0 Å². The van der Waals surface area contributed by atoms with Crippen LogP contribution in [0.5, 0.6) is 0 Å². The number of allylic oxidation sites excluding steroid dienone is 3. The Bertz CT molecular complexity index is 419. The average molecular weight is 262 g/mol. The molecule has 0 bridgehead atoms. The van der Waals surface area contributed by atoms with Crippen molar-refractivity contribution in [2.75, 3.05) is 6.61 Å².